The van der Waals surface area contributed by atoms with E-state index in [0.29, 0.717) is 12.0 Å². The van der Waals surface area contributed by atoms with Crippen molar-refractivity contribution in [1.29, 1.82) is 0 Å². The first-order valence-corrected chi connectivity index (χ1v) is 10.3. The average Bonchev–Trinajstić information content (AvgIpc) is 3.44. The molecule has 2 heterocycles. The molecule has 27 heavy (non-hydrogen) atoms. The summed E-state index contributed by atoms with van der Waals surface area (Å²) in [6.45, 7) is 1.71. The third-order valence-corrected chi connectivity index (χ3v) is 6.23. The van der Waals surface area contributed by atoms with Gasteiger partial charge in [-0.25, -0.2) is 4.68 Å². The molecule has 5 rings (SSSR count). The van der Waals surface area contributed by atoms with Crippen LogP contribution in [0.1, 0.15) is 67.3 Å². The Bertz CT molecular complexity index is 879. The Morgan fingerprint density at radius 2 is 1.93 bits per heavy atom. The van der Waals surface area contributed by atoms with Crippen molar-refractivity contribution in [3.63, 3.8) is 0 Å². The van der Waals surface area contributed by atoms with Gasteiger partial charge in [0.25, 0.3) is 5.56 Å². The van der Waals surface area contributed by atoms with E-state index in [0.717, 1.165) is 56.7 Å². The molecule has 0 amide bonds. The minimum Gasteiger partial charge on any atom is -0.493 e. The van der Waals surface area contributed by atoms with E-state index in [2.05, 4.69) is 28.6 Å². The van der Waals surface area contributed by atoms with Crippen LogP contribution in [0.4, 0.5) is 0 Å². The van der Waals surface area contributed by atoms with Gasteiger partial charge in [-0.05, 0) is 61.8 Å². The molecular weight excluding hydrogens is 338 g/mol. The summed E-state index contributed by atoms with van der Waals surface area (Å²) in [6.07, 6.45) is 7.71. The Kier molecular flexibility index (Phi) is 4.48. The highest BCUT2D eigenvalue weighted by atomic mass is 16.5. The van der Waals surface area contributed by atoms with Crippen LogP contribution in [0.5, 0.6) is 5.75 Å². The zero-order valence-corrected chi connectivity index (χ0v) is 15.7. The van der Waals surface area contributed by atoms with Gasteiger partial charge in [-0.2, -0.15) is 5.10 Å². The highest BCUT2D eigenvalue weighted by Crippen LogP contribution is 2.38. The van der Waals surface area contributed by atoms with Crippen LogP contribution in [0, 0.1) is 0 Å². The number of hydrogen-bond acceptors (Lipinski definition) is 4. The Labute approximate surface area is 159 Å². The van der Waals surface area contributed by atoms with Crippen LogP contribution in [-0.2, 0) is 13.0 Å². The molecule has 0 unspecified atom stereocenters. The van der Waals surface area contributed by atoms with Gasteiger partial charge in [0, 0.05) is 31.0 Å². The fourth-order valence-corrected chi connectivity index (χ4v) is 4.44. The third-order valence-electron chi connectivity index (χ3n) is 6.23. The molecule has 0 atom stereocenters. The van der Waals surface area contributed by atoms with Gasteiger partial charge in [0.15, 0.2) is 0 Å². The topological polar surface area (TPSA) is 56.2 Å². The highest BCUT2D eigenvalue weighted by Gasteiger charge is 2.28. The highest BCUT2D eigenvalue weighted by molar-refractivity contribution is 5.39. The molecule has 1 aromatic carbocycles. The first kappa shape index (κ1) is 17.0. The number of ether oxygens (including phenoxy) is 1. The van der Waals surface area contributed by atoms with Gasteiger partial charge in [0.2, 0.25) is 0 Å². The second-order valence-electron chi connectivity index (χ2n) is 8.24. The van der Waals surface area contributed by atoms with Gasteiger partial charge in [-0.3, -0.25) is 4.79 Å². The molecule has 1 N–H and O–H groups in total. The van der Waals surface area contributed by atoms with Crippen LogP contribution >= 0.6 is 0 Å². The van der Waals surface area contributed by atoms with Crippen LogP contribution in [0.2, 0.25) is 0 Å². The second kappa shape index (κ2) is 7.12. The van der Waals surface area contributed by atoms with Crippen LogP contribution in [0.25, 0.3) is 0 Å². The van der Waals surface area contributed by atoms with E-state index in [1.165, 1.54) is 24.0 Å². The SMILES string of the molecule is O=c1ccc(C2CC2)nn1C1CCC(NCc2ccc3c(c2)CCO3)CC1. The second-order valence-corrected chi connectivity index (χ2v) is 8.24. The number of nitrogens with one attached hydrogen (secondary N) is 1. The van der Waals surface area contributed by atoms with Crippen LogP contribution < -0.4 is 15.6 Å². The van der Waals surface area contributed by atoms with Crippen molar-refractivity contribution in [1.82, 2.24) is 15.1 Å². The molecule has 2 saturated carbocycles. The van der Waals surface area contributed by atoms with Crippen molar-refractivity contribution in [3.05, 3.63) is 57.5 Å². The van der Waals surface area contributed by atoms with E-state index in [4.69, 9.17) is 4.74 Å². The number of aromatic nitrogens is 2. The summed E-state index contributed by atoms with van der Waals surface area (Å²) < 4.78 is 7.35. The Balaban J connectivity index is 1.17. The van der Waals surface area contributed by atoms with E-state index in [-0.39, 0.29) is 11.6 Å². The Hall–Kier alpha value is -2.14. The van der Waals surface area contributed by atoms with Crippen LogP contribution in [0.3, 0.4) is 0 Å². The standard InChI is InChI=1S/C22H27N3O2/c26-22-10-8-20(16-2-3-16)24-25(22)19-6-4-18(5-7-19)23-14-15-1-9-21-17(13-15)11-12-27-21/h1,8-10,13,16,18-19,23H,2-7,11-12,14H2. The maximum absolute atomic E-state index is 12.3. The average molecular weight is 365 g/mol. The summed E-state index contributed by atoms with van der Waals surface area (Å²) in [7, 11) is 0. The number of hydrogen-bond donors (Lipinski definition) is 1. The van der Waals surface area contributed by atoms with Crippen LogP contribution in [-0.4, -0.2) is 22.4 Å². The lowest BCUT2D eigenvalue weighted by atomic mass is 9.91. The zero-order valence-electron chi connectivity index (χ0n) is 15.7. The molecule has 0 radical (unpaired) electrons. The minimum absolute atomic E-state index is 0.0520. The quantitative estimate of drug-likeness (QED) is 0.883. The molecule has 142 valence electrons. The normalized spacial score (nSPS) is 24.4. The van der Waals surface area contributed by atoms with E-state index in [9.17, 15) is 4.79 Å². The lowest BCUT2D eigenvalue weighted by molar-refractivity contribution is 0.267. The van der Waals surface area contributed by atoms with Crippen molar-refractivity contribution >= 4 is 0 Å². The number of fused-ring (bicyclic) bond motifs is 1. The summed E-state index contributed by atoms with van der Waals surface area (Å²) in [5.41, 5.74) is 3.82. The Morgan fingerprint density at radius 3 is 2.74 bits per heavy atom. The van der Waals surface area contributed by atoms with Gasteiger partial charge in [0.05, 0.1) is 18.3 Å². The fourth-order valence-electron chi connectivity index (χ4n) is 4.44. The summed E-state index contributed by atoms with van der Waals surface area (Å²) >= 11 is 0. The predicted octanol–water partition coefficient (Wildman–Crippen LogP) is 3.33. The van der Waals surface area contributed by atoms with Gasteiger partial charge in [-0.1, -0.05) is 12.1 Å². The molecule has 2 fully saturated rings. The van der Waals surface area contributed by atoms with Crippen molar-refractivity contribution in [2.24, 2.45) is 0 Å². The van der Waals surface area contributed by atoms with Gasteiger partial charge < -0.3 is 10.1 Å². The minimum atomic E-state index is 0.0520. The molecule has 1 aromatic heterocycles. The summed E-state index contributed by atoms with van der Waals surface area (Å²) in [5, 5.41) is 8.39. The number of benzene rings is 1. The van der Waals surface area contributed by atoms with Crippen molar-refractivity contribution < 1.29 is 4.74 Å². The van der Waals surface area contributed by atoms with E-state index in [1.54, 1.807) is 10.7 Å². The van der Waals surface area contributed by atoms with E-state index >= 15 is 0 Å². The lowest BCUT2D eigenvalue weighted by Gasteiger charge is -2.30. The molecule has 2 aromatic rings. The van der Waals surface area contributed by atoms with Crippen molar-refractivity contribution in [2.75, 3.05) is 6.61 Å². The van der Waals surface area contributed by atoms with Crippen molar-refractivity contribution in [3.8, 4) is 5.75 Å². The molecule has 5 nitrogen and oxygen atoms in total. The van der Waals surface area contributed by atoms with Crippen LogP contribution in [0.15, 0.2) is 35.1 Å². The predicted molar refractivity (Wildman–Crippen MR) is 104 cm³/mol. The fraction of sp³-hybridized carbons (Fsp3) is 0.545. The molecule has 2 aliphatic carbocycles. The first-order chi connectivity index (χ1) is 13.3. The molecular formula is C22H27N3O2. The van der Waals surface area contributed by atoms with E-state index in [1.807, 2.05) is 6.07 Å². The molecule has 0 bridgehead atoms. The first-order valence-electron chi connectivity index (χ1n) is 10.3. The molecule has 0 spiro atoms. The van der Waals surface area contributed by atoms with Gasteiger partial charge in [0.1, 0.15) is 5.75 Å². The Morgan fingerprint density at radius 1 is 1.07 bits per heavy atom. The maximum Gasteiger partial charge on any atom is 0.267 e. The molecule has 0 saturated heterocycles. The molecule has 3 aliphatic rings. The summed E-state index contributed by atoms with van der Waals surface area (Å²) in [4.78, 5) is 12.3. The molecule has 1 aliphatic heterocycles. The van der Waals surface area contributed by atoms with Gasteiger partial charge in [-0.15, -0.1) is 0 Å². The monoisotopic (exact) mass is 365 g/mol. The number of rotatable bonds is 5. The van der Waals surface area contributed by atoms with Crippen molar-refractivity contribution in [2.45, 2.75) is 69.5 Å². The smallest absolute Gasteiger partial charge is 0.267 e. The zero-order chi connectivity index (χ0) is 18.2. The summed E-state index contributed by atoms with van der Waals surface area (Å²) in [6, 6.07) is 10.9. The summed E-state index contributed by atoms with van der Waals surface area (Å²) in [5.74, 6) is 1.64. The van der Waals surface area contributed by atoms with E-state index < -0.39 is 0 Å². The number of nitrogens with zero attached hydrogens (tertiary/aromatic N) is 2. The maximum atomic E-state index is 12.3. The van der Waals surface area contributed by atoms with Gasteiger partial charge >= 0.3 is 0 Å². The largest absolute Gasteiger partial charge is 0.493 e. The lowest BCUT2D eigenvalue weighted by Crippen LogP contribution is -2.36. The third kappa shape index (κ3) is 3.65. The molecule has 5 heteroatoms.